The smallest absolute Gasteiger partial charge is 0.258 e. The first-order valence-corrected chi connectivity index (χ1v) is 11.0. The maximum absolute atomic E-state index is 13.5. The van der Waals surface area contributed by atoms with E-state index in [0.717, 1.165) is 6.07 Å². The van der Waals surface area contributed by atoms with Gasteiger partial charge in [-0.3, -0.25) is 14.4 Å². The predicted molar refractivity (Wildman–Crippen MR) is 110 cm³/mol. The molecule has 3 aliphatic carbocycles. The zero-order valence-corrected chi connectivity index (χ0v) is 18.1. The molecule has 5 rings (SSSR count). The van der Waals surface area contributed by atoms with Crippen LogP contribution in [0.3, 0.4) is 0 Å². The van der Waals surface area contributed by atoms with Gasteiger partial charge in [0.25, 0.3) is 11.8 Å². The molecule has 0 radical (unpaired) electrons. The molecule has 170 valence electrons. The highest BCUT2D eigenvalue weighted by molar-refractivity contribution is 6.30. The summed E-state index contributed by atoms with van der Waals surface area (Å²) in [5, 5.41) is 16.7. The number of fused-ring (bicyclic) bond motifs is 3. The first-order valence-electron chi connectivity index (χ1n) is 10.1. The van der Waals surface area contributed by atoms with Crippen molar-refractivity contribution in [2.45, 2.75) is 67.3 Å². The molecule has 1 heterocycles. The van der Waals surface area contributed by atoms with Crippen LogP contribution in [-0.4, -0.2) is 52.3 Å². The fraction of sp³-hybridized carbons (Fsp3) is 0.600. The van der Waals surface area contributed by atoms with Crippen molar-refractivity contribution < 1.29 is 28.7 Å². The number of aliphatic hydroxyl groups excluding tert-OH is 1. The third kappa shape index (κ3) is 4.75. The molecule has 4 N–H and O–H groups in total. The molecule has 2 bridgehead atoms. The van der Waals surface area contributed by atoms with Gasteiger partial charge in [0.1, 0.15) is 17.1 Å². The summed E-state index contributed by atoms with van der Waals surface area (Å²) in [5.74, 6) is -1.12. The fourth-order valence-electron chi connectivity index (χ4n) is 4.63. The van der Waals surface area contributed by atoms with E-state index in [4.69, 9.17) is 32.8 Å². The first-order chi connectivity index (χ1) is 14.7. The van der Waals surface area contributed by atoms with Crippen LogP contribution in [0.1, 0.15) is 38.5 Å². The number of rotatable bonds is 6. The molecule has 4 fully saturated rings. The summed E-state index contributed by atoms with van der Waals surface area (Å²) in [6.07, 6.45) is 1.45. The van der Waals surface area contributed by atoms with Crippen LogP contribution in [0.25, 0.3) is 0 Å². The molecule has 0 spiro atoms. The van der Waals surface area contributed by atoms with Crippen LogP contribution >= 0.6 is 23.2 Å². The van der Waals surface area contributed by atoms with Crippen molar-refractivity contribution in [2.75, 3.05) is 6.61 Å². The number of alkyl halides is 1. The molecule has 1 aromatic rings. The maximum Gasteiger partial charge on any atom is 0.258 e. The van der Waals surface area contributed by atoms with Crippen molar-refractivity contribution in [3.8, 4) is 5.75 Å². The Morgan fingerprint density at radius 2 is 2.03 bits per heavy atom. The Hall–Kier alpha value is -1.65. The number of benzene rings is 1. The molecular formula is C20H24Cl2FN3O5. The van der Waals surface area contributed by atoms with Crippen LogP contribution in [0.4, 0.5) is 4.39 Å². The molecule has 2 amide bonds. The van der Waals surface area contributed by atoms with Gasteiger partial charge in [0.15, 0.2) is 12.7 Å². The summed E-state index contributed by atoms with van der Waals surface area (Å²) in [5.41, 5.74) is 0.845. The summed E-state index contributed by atoms with van der Waals surface area (Å²) in [6, 6.07) is 3.93. The SMILES string of the molecule is O=C(COc1ccc(Cl)c(F)c1)NC12CCC(NC(=O)C3CC(Cl)NO3)(CC1)CC2O. The monoisotopic (exact) mass is 475 g/mol. The number of nitrogens with one attached hydrogen (secondary N) is 3. The zero-order chi connectivity index (χ0) is 22.2. The van der Waals surface area contributed by atoms with Gasteiger partial charge in [-0.2, -0.15) is 5.48 Å². The van der Waals surface area contributed by atoms with Crippen molar-refractivity contribution >= 4 is 35.0 Å². The molecule has 11 heteroatoms. The van der Waals surface area contributed by atoms with Crippen LogP contribution in [0.15, 0.2) is 18.2 Å². The highest BCUT2D eigenvalue weighted by Gasteiger charge is 2.55. The largest absolute Gasteiger partial charge is 0.484 e. The zero-order valence-electron chi connectivity index (χ0n) is 16.6. The minimum atomic E-state index is -0.823. The van der Waals surface area contributed by atoms with Crippen molar-refractivity contribution in [3.05, 3.63) is 29.0 Å². The molecule has 1 saturated heterocycles. The van der Waals surface area contributed by atoms with Crippen molar-refractivity contribution in [2.24, 2.45) is 0 Å². The van der Waals surface area contributed by atoms with E-state index in [1.165, 1.54) is 12.1 Å². The van der Waals surface area contributed by atoms with E-state index in [2.05, 4.69) is 16.1 Å². The summed E-state index contributed by atoms with van der Waals surface area (Å²) >= 11 is 11.5. The fourth-order valence-corrected chi connectivity index (χ4v) is 4.96. The Morgan fingerprint density at radius 3 is 2.65 bits per heavy atom. The molecule has 3 atom stereocenters. The number of halogens is 3. The van der Waals surface area contributed by atoms with Gasteiger partial charge in [0.2, 0.25) is 0 Å². The molecule has 0 aromatic heterocycles. The van der Waals surface area contributed by atoms with Gasteiger partial charge in [-0.25, -0.2) is 4.39 Å². The number of amides is 2. The van der Waals surface area contributed by atoms with Gasteiger partial charge < -0.3 is 20.5 Å². The van der Waals surface area contributed by atoms with E-state index in [0.29, 0.717) is 38.5 Å². The first kappa shape index (κ1) is 22.5. The summed E-state index contributed by atoms with van der Waals surface area (Å²) in [4.78, 5) is 30.2. The topological polar surface area (TPSA) is 109 Å². The standard InChI is InChI=1S/C20H24Cl2FN3O5/c21-12-2-1-11(7-13(12)23)30-10-17(28)24-20-5-3-19(4-6-20,9-15(20)27)25-18(29)14-8-16(22)26-31-14/h1-2,7,14-16,26-27H,3-6,8-10H2,(H,24,28)(H,25,29). The number of carbonyl (C=O) groups is 2. The number of ether oxygens (including phenoxy) is 1. The Bertz CT molecular complexity index is 865. The molecule has 1 aliphatic heterocycles. The minimum Gasteiger partial charge on any atom is -0.484 e. The molecule has 3 unspecified atom stereocenters. The quantitative estimate of drug-likeness (QED) is 0.368. The van der Waals surface area contributed by atoms with E-state index in [1.54, 1.807) is 0 Å². The van der Waals surface area contributed by atoms with Gasteiger partial charge in [-0.05, 0) is 44.2 Å². The Balaban J connectivity index is 1.31. The van der Waals surface area contributed by atoms with Crippen LogP contribution in [0.2, 0.25) is 5.02 Å². The van der Waals surface area contributed by atoms with Gasteiger partial charge in [0.05, 0.1) is 16.7 Å². The second kappa shape index (κ2) is 8.71. The van der Waals surface area contributed by atoms with E-state index in [1.807, 2.05) is 0 Å². The Morgan fingerprint density at radius 1 is 1.29 bits per heavy atom. The Labute approximate surface area is 188 Å². The van der Waals surface area contributed by atoms with Gasteiger partial charge in [-0.1, -0.05) is 11.6 Å². The molecule has 31 heavy (non-hydrogen) atoms. The summed E-state index contributed by atoms with van der Waals surface area (Å²) < 4.78 is 18.8. The molecule has 1 aromatic carbocycles. The second-order valence-electron chi connectivity index (χ2n) is 8.49. The van der Waals surface area contributed by atoms with Gasteiger partial charge in [-0.15, -0.1) is 11.6 Å². The summed E-state index contributed by atoms with van der Waals surface area (Å²) in [7, 11) is 0. The number of hydroxylamine groups is 1. The van der Waals surface area contributed by atoms with E-state index in [-0.39, 0.29) is 23.3 Å². The van der Waals surface area contributed by atoms with Gasteiger partial charge in [0, 0.05) is 18.0 Å². The number of carbonyl (C=O) groups excluding carboxylic acids is 2. The van der Waals surface area contributed by atoms with Crippen LogP contribution in [-0.2, 0) is 14.4 Å². The number of hydrogen-bond donors (Lipinski definition) is 4. The number of aliphatic hydroxyl groups is 1. The lowest BCUT2D eigenvalue weighted by Crippen LogP contribution is -2.70. The van der Waals surface area contributed by atoms with Crippen LogP contribution in [0.5, 0.6) is 5.75 Å². The van der Waals surface area contributed by atoms with E-state index >= 15 is 0 Å². The Kier molecular flexibility index (Phi) is 6.33. The van der Waals surface area contributed by atoms with Crippen LogP contribution < -0.4 is 20.9 Å². The highest BCUT2D eigenvalue weighted by Crippen LogP contribution is 2.47. The van der Waals surface area contributed by atoms with Crippen LogP contribution in [0, 0.1) is 5.82 Å². The van der Waals surface area contributed by atoms with E-state index in [9.17, 15) is 19.1 Å². The average Bonchev–Trinajstić information content (AvgIpc) is 3.17. The molecule has 4 aliphatic rings. The van der Waals surface area contributed by atoms with Gasteiger partial charge >= 0.3 is 0 Å². The lowest BCUT2D eigenvalue weighted by Gasteiger charge is -2.56. The third-order valence-corrected chi connectivity index (χ3v) is 6.98. The van der Waals surface area contributed by atoms with E-state index < -0.39 is 40.5 Å². The average molecular weight is 476 g/mol. The van der Waals surface area contributed by atoms with Crippen molar-refractivity contribution in [1.82, 2.24) is 16.1 Å². The van der Waals surface area contributed by atoms with Crippen molar-refractivity contribution in [1.29, 1.82) is 0 Å². The maximum atomic E-state index is 13.5. The normalized spacial score (nSPS) is 34.4. The number of hydrogen-bond acceptors (Lipinski definition) is 6. The lowest BCUT2D eigenvalue weighted by atomic mass is 9.60. The molecule has 8 nitrogen and oxygen atoms in total. The predicted octanol–water partition coefficient (Wildman–Crippen LogP) is 1.76. The van der Waals surface area contributed by atoms with Crippen molar-refractivity contribution in [3.63, 3.8) is 0 Å². The second-order valence-corrected chi connectivity index (χ2v) is 9.42. The lowest BCUT2D eigenvalue weighted by molar-refractivity contribution is -0.142. The third-order valence-electron chi connectivity index (χ3n) is 6.41. The molecule has 3 saturated carbocycles. The highest BCUT2D eigenvalue weighted by atomic mass is 35.5. The summed E-state index contributed by atoms with van der Waals surface area (Å²) in [6.45, 7) is -0.316. The minimum absolute atomic E-state index is 0.0305. The molecular weight excluding hydrogens is 452 g/mol.